The second kappa shape index (κ2) is 6.19. The van der Waals surface area contributed by atoms with E-state index in [0.717, 1.165) is 31.3 Å². The van der Waals surface area contributed by atoms with Crippen LogP contribution in [0.25, 0.3) is 0 Å². The minimum Gasteiger partial charge on any atom is -0.508 e. The summed E-state index contributed by atoms with van der Waals surface area (Å²) >= 11 is 0. The number of benzene rings is 1. The van der Waals surface area contributed by atoms with Gasteiger partial charge in [0.25, 0.3) is 0 Å². The van der Waals surface area contributed by atoms with Crippen LogP contribution in [0.1, 0.15) is 12.5 Å². The summed E-state index contributed by atoms with van der Waals surface area (Å²) in [5.41, 5.74) is 0.826. The Morgan fingerprint density at radius 3 is 2.88 bits per heavy atom. The molecular weight excluding hydrogens is 243 g/mol. The first kappa shape index (κ1) is 14.2. The molecule has 1 heterocycles. The van der Waals surface area contributed by atoms with E-state index in [1.54, 1.807) is 6.07 Å². The number of aromatic hydroxyl groups is 1. The molecule has 0 unspecified atom stereocenters. The van der Waals surface area contributed by atoms with Crippen LogP contribution in [0, 0.1) is 5.82 Å². The molecule has 1 aromatic rings. The van der Waals surface area contributed by atoms with Crippen LogP contribution < -0.4 is 5.32 Å². The van der Waals surface area contributed by atoms with E-state index in [9.17, 15) is 9.50 Å². The molecule has 1 fully saturated rings. The smallest absolute Gasteiger partial charge is 0.127 e. The van der Waals surface area contributed by atoms with Gasteiger partial charge < -0.3 is 10.4 Å². The third-order valence-electron chi connectivity index (χ3n) is 2.80. The minimum atomic E-state index is -0.377. The van der Waals surface area contributed by atoms with Gasteiger partial charge >= 0.3 is 0 Å². The molecule has 96 valence electrons. The average Bonchev–Trinajstić information content (AvgIpc) is 2.15. The maximum Gasteiger partial charge on any atom is 0.127 e. The summed E-state index contributed by atoms with van der Waals surface area (Å²) in [4.78, 5) is 2.26. The molecule has 0 saturated carbocycles. The van der Waals surface area contributed by atoms with Crippen molar-refractivity contribution in [1.82, 2.24) is 10.2 Å². The van der Waals surface area contributed by atoms with Crippen molar-refractivity contribution in [3.05, 3.63) is 29.6 Å². The van der Waals surface area contributed by atoms with Gasteiger partial charge in [0.05, 0.1) is 0 Å². The number of halogens is 2. The second-order valence-corrected chi connectivity index (χ2v) is 4.41. The Kier molecular flexibility index (Phi) is 5.18. The highest BCUT2D eigenvalue weighted by Gasteiger charge is 2.15. The zero-order valence-electron chi connectivity index (χ0n) is 9.82. The number of nitrogens with zero attached hydrogens (tertiary/aromatic N) is 1. The Balaban J connectivity index is 0.00000144. The van der Waals surface area contributed by atoms with E-state index < -0.39 is 0 Å². The number of hydrogen-bond acceptors (Lipinski definition) is 3. The third-order valence-corrected chi connectivity index (χ3v) is 2.80. The van der Waals surface area contributed by atoms with E-state index in [1.165, 1.54) is 6.07 Å². The molecule has 1 aliphatic heterocycles. The molecule has 0 aromatic heterocycles. The lowest BCUT2D eigenvalue weighted by Gasteiger charge is -2.31. The monoisotopic (exact) mass is 260 g/mol. The predicted octanol–water partition coefficient (Wildman–Crippen LogP) is 1.75. The molecule has 1 atom stereocenters. The zero-order valence-corrected chi connectivity index (χ0v) is 10.6. The van der Waals surface area contributed by atoms with Crippen molar-refractivity contribution < 1.29 is 9.50 Å². The Labute approximate surface area is 107 Å². The summed E-state index contributed by atoms with van der Waals surface area (Å²) in [6.07, 6.45) is 0. The molecule has 17 heavy (non-hydrogen) atoms. The summed E-state index contributed by atoms with van der Waals surface area (Å²) in [7, 11) is 0. The lowest BCUT2D eigenvalue weighted by molar-refractivity contribution is 0.199. The van der Waals surface area contributed by atoms with Crippen LogP contribution in [-0.4, -0.2) is 35.7 Å². The number of phenols is 1. The van der Waals surface area contributed by atoms with Gasteiger partial charge in [-0.1, -0.05) is 0 Å². The fourth-order valence-electron chi connectivity index (χ4n) is 2.14. The van der Waals surface area contributed by atoms with Crippen molar-refractivity contribution >= 4 is 12.4 Å². The van der Waals surface area contributed by atoms with Crippen molar-refractivity contribution in [2.75, 3.05) is 19.6 Å². The fourth-order valence-corrected chi connectivity index (χ4v) is 2.14. The largest absolute Gasteiger partial charge is 0.508 e. The van der Waals surface area contributed by atoms with Gasteiger partial charge in [-0.15, -0.1) is 12.4 Å². The quantitative estimate of drug-likeness (QED) is 0.851. The van der Waals surface area contributed by atoms with Gasteiger partial charge in [0.1, 0.15) is 11.6 Å². The van der Waals surface area contributed by atoms with Crippen molar-refractivity contribution in [2.45, 2.75) is 19.5 Å². The van der Waals surface area contributed by atoms with Crippen molar-refractivity contribution in [2.24, 2.45) is 0 Å². The Morgan fingerprint density at radius 2 is 2.24 bits per heavy atom. The van der Waals surface area contributed by atoms with Crippen molar-refractivity contribution in [1.29, 1.82) is 0 Å². The predicted molar refractivity (Wildman–Crippen MR) is 68.1 cm³/mol. The van der Waals surface area contributed by atoms with E-state index in [-0.39, 0.29) is 24.0 Å². The summed E-state index contributed by atoms with van der Waals surface area (Å²) in [6, 6.07) is 4.70. The molecule has 1 saturated heterocycles. The molecule has 0 bridgehead atoms. The van der Waals surface area contributed by atoms with Crippen LogP contribution in [-0.2, 0) is 6.54 Å². The number of hydrogen-bond donors (Lipinski definition) is 2. The SMILES string of the molecule is C[C@H]1CN(Cc2cc(O)cc(F)c2)CCN1.Cl. The second-order valence-electron chi connectivity index (χ2n) is 4.41. The molecule has 0 radical (unpaired) electrons. The van der Waals surface area contributed by atoms with E-state index >= 15 is 0 Å². The Morgan fingerprint density at radius 1 is 1.47 bits per heavy atom. The van der Waals surface area contributed by atoms with Gasteiger partial charge in [0.15, 0.2) is 0 Å². The zero-order chi connectivity index (χ0) is 11.5. The highest BCUT2D eigenvalue weighted by molar-refractivity contribution is 5.85. The molecular formula is C12H18ClFN2O. The summed E-state index contributed by atoms with van der Waals surface area (Å²) < 4.78 is 13.1. The van der Waals surface area contributed by atoms with Crippen LogP contribution in [0.4, 0.5) is 4.39 Å². The average molecular weight is 261 g/mol. The van der Waals surface area contributed by atoms with Gasteiger partial charge in [-0.05, 0) is 24.6 Å². The first-order chi connectivity index (χ1) is 7.63. The topological polar surface area (TPSA) is 35.5 Å². The van der Waals surface area contributed by atoms with Crippen LogP contribution >= 0.6 is 12.4 Å². The minimum absolute atomic E-state index is 0. The molecule has 2 rings (SSSR count). The summed E-state index contributed by atoms with van der Waals surface area (Å²) in [5, 5.41) is 12.7. The standard InChI is InChI=1S/C12H17FN2O.ClH/c1-9-7-15(3-2-14-9)8-10-4-11(13)6-12(16)5-10;/h4-6,9,14,16H,2-3,7-8H2,1H3;1H/t9-;/m0./s1. The molecule has 0 amide bonds. The normalized spacial score (nSPS) is 20.9. The molecule has 3 nitrogen and oxygen atoms in total. The fraction of sp³-hybridized carbons (Fsp3) is 0.500. The first-order valence-corrected chi connectivity index (χ1v) is 5.57. The molecule has 1 aliphatic rings. The lowest BCUT2D eigenvalue weighted by atomic mass is 10.1. The Hall–Kier alpha value is -0.840. The van der Waals surface area contributed by atoms with Gasteiger partial charge in [0, 0.05) is 38.3 Å². The molecule has 0 aliphatic carbocycles. The van der Waals surface area contributed by atoms with Crippen molar-refractivity contribution in [3.63, 3.8) is 0 Å². The van der Waals surface area contributed by atoms with Crippen LogP contribution in [0.5, 0.6) is 5.75 Å². The molecule has 0 spiro atoms. The van der Waals surface area contributed by atoms with E-state index in [0.29, 0.717) is 12.6 Å². The van der Waals surface area contributed by atoms with Gasteiger partial charge in [-0.2, -0.15) is 0 Å². The van der Waals surface area contributed by atoms with Crippen LogP contribution in [0.3, 0.4) is 0 Å². The van der Waals surface area contributed by atoms with Gasteiger partial charge in [0.2, 0.25) is 0 Å². The highest BCUT2D eigenvalue weighted by atomic mass is 35.5. The molecule has 5 heteroatoms. The van der Waals surface area contributed by atoms with Crippen molar-refractivity contribution in [3.8, 4) is 5.75 Å². The van der Waals surface area contributed by atoms with Crippen LogP contribution in [0.15, 0.2) is 18.2 Å². The van der Waals surface area contributed by atoms with Crippen LogP contribution in [0.2, 0.25) is 0 Å². The molecule has 1 aromatic carbocycles. The van der Waals surface area contributed by atoms with E-state index in [4.69, 9.17) is 0 Å². The number of phenolic OH excluding ortho intramolecular Hbond substituents is 1. The van der Waals surface area contributed by atoms with E-state index in [1.807, 2.05) is 0 Å². The number of rotatable bonds is 2. The van der Waals surface area contributed by atoms with E-state index in [2.05, 4.69) is 17.1 Å². The summed E-state index contributed by atoms with van der Waals surface area (Å²) in [5.74, 6) is -0.378. The maximum atomic E-state index is 13.1. The lowest BCUT2D eigenvalue weighted by Crippen LogP contribution is -2.48. The number of nitrogens with one attached hydrogen (secondary N) is 1. The highest BCUT2D eigenvalue weighted by Crippen LogP contribution is 2.16. The maximum absolute atomic E-state index is 13.1. The third kappa shape index (κ3) is 4.15. The van der Waals surface area contributed by atoms with Gasteiger partial charge in [-0.3, -0.25) is 4.90 Å². The van der Waals surface area contributed by atoms with Gasteiger partial charge in [-0.25, -0.2) is 4.39 Å². The molecule has 2 N–H and O–H groups in total. The number of piperazine rings is 1. The first-order valence-electron chi connectivity index (χ1n) is 5.57. The summed E-state index contributed by atoms with van der Waals surface area (Å²) in [6.45, 7) is 5.70. The Bertz CT molecular complexity index is 355.